The summed E-state index contributed by atoms with van der Waals surface area (Å²) in [5, 5.41) is 13.9. The van der Waals surface area contributed by atoms with Crippen molar-refractivity contribution in [1.82, 2.24) is 30.3 Å². The van der Waals surface area contributed by atoms with Crippen LogP contribution in [0.1, 0.15) is 42.4 Å². The number of aryl methyl sites for hydroxylation is 2. The molecule has 0 spiro atoms. The lowest BCUT2D eigenvalue weighted by Crippen LogP contribution is -2.38. The van der Waals surface area contributed by atoms with E-state index in [0.29, 0.717) is 18.8 Å². The van der Waals surface area contributed by atoms with Crippen molar-refractivity contribution in [3.63, 3.8) is 0 Å². The molecule has 3 rings (SSSR count). The monoisotopic (exact) mass is 288 g/mol. The highest BCUT2D eigenvalue weighted by Crippen LogP contribution is 2.27. The maximum Gasteiger partial charge on any atom is 0.223 e. The number of H-pyrrole nitrogens is 2. The molecule has 2 aromatic heterocycles. The highest BCUT2D eigenvalue weighted by molar-refractivity contribution is 5.76. The number of likely N-dealkylation sites (tertiary alicyclic amines) is 1. The van der Waals surface area contributed by atoms with Gasteiger partial charge in [-0.15, -0.1) is 0 Å². The van der Waals surface area contributed by atoms with Gasteiger partial charge in [-0.2, -0.15) is 10.2 Å². The van der Waals surface area contributed by atoms with Crippen molar-refractivity contribution in [2.24, 2.45) is 0 Å². The molecule has 0 saturated carbocycles. The summed E-state index contributed by atoms with van der Waals surface area (Å²) < 4.78 is 0. The number of hydrogen-bond acceptors (Lipinski definition) is 4. The molecule has 0 unspecified atom stereocenters. The fourth-order valence-electron chi connectivity index (χ4n) is 2.81. The lowest BCUT2D eigenvalue weighted by Gasteiger charge is -2.31. The van der Waals surface area contributed by atoms with Gasteiger partial charge < -0.3 is 4.90 Å². The third kappa shape index (κ3) is 3.29. The summed E-state index contributed by atoms with van der Waals surface area (Å²) in [4.78, 5) is 18.2. The third-order valence-electron chi connectivity index (χ3n) is 4.03. The van der Waals surface area contributed by atoms with E-state index in [1.807, 2.05) is 11.8 Å². The lowest BCUT2D eigenvalue weighted by atomic mass is 9.93. The minimum atomic E-state index is 0.197. The molecule has 7 nitrogen and oxygen atoms in total. The van der Waals surface area contributed by atoms with Crippen molar-refractivity contribution in [1.29, 1.82) is 0 Å². The maximum atomic E-state index is 12.2. The quantitative estimate of drug-likeness (QED) is 0.883. The Bertz CT molecular complexity index is 582. The molecule has 0 aromatic carbocycles. The van der Waals surface area contributed by atoms with Crippen molar-refractivity contribution in [2.45, 2.75) is 38.5 Å². The Labute approximate surface area is 123 Å². The molecule has 1 fully saturated rings. The molecule has 0 aliphatic carbocycles. The van der Waals surface area contributed by atoms with Crippen molar-refractivity contribution in [3.8, 4) is 0 Å². The molecule has 0 radical (unpaired) electrons. The Kier molecular flexibility index (Phi) is 3.98. The van der Waals surface area contributed by atoms with E-state index < -0.39 is 0 Å². The number of nitrogens with zero attached hydrogens (tertiary/aromatic N) is 4. The van der Waals surface area contributed by atoms with Gasteiger partial charge in [-0.05, 0) is 25.8 Å². The van der Waals surface area contributed by atoms with E-state index in [1.54, 1.807) is 0 Å². The minimum Gasteiger partial charge on any atom is -0.343 e. The van der Waals surface area contributed by atoms with Crippen LogP contribution in [0.3, 0.4) is 0 Å². The Morgan fingerprint density at radius 2 is 2.19 bits per heavy atom. The van der Waals surface area contributed by atoms with Crippen LogP contribution in [0.5, 0.6) is 0 Å². The number of amides is 1. The molecule has 2 N–H and O–H groups in total. The Morgan fingerprint density at radius 1 is 1.38 bits per heavy atom. The first-order chi connectivity index (χ1) is 10.2. The average Bonchev–Trinajstić information content (AvgIpc) is 3.16. The summed E-state index contributed by atoms with van der Waals surface area (Å²) >= 11 is 0. The minimum absolute atomic E-state index is 0.197. The molecule has 1 amide bonds. The van der Waals surface area contributed by atoms with Gasteiger partial charge in [0.25, 0.3) is 0 Å². The number of carbonyl (C=O) groups is 1. The second-order valence-corrected chi connectivity index (χ2v) is 5.56. The van der Waals surface area contributed by atoms with Crippen LogP contribution in [0.15, 0.2) is 12.4 Å². The van der Waals surface area contributed by atoms with Crippen LogP contribution in [-0.2, 0) is 11.2 Å². The van der Waals surface area contributed by atoms with E-state index in [1.165, 1.54) is 6.33 Å². The molecular weight excluding hydrogens is 268 g/mol. The van der Waals surface area contributed by atoms with Crippen molar-refractivity contribution in [3.05, 3.63) is 29.6 Å². The highest BCUT2D eigenvalue weighted by atomic mass is 16.2. The largest absolute Gasteiger partial charge is 0.343 e. The third-order valence-corrected chi connectivity index (χ3v) is 4.03. The first-order valence-electron chi connectivity index (χ1n) is 7.36. The van der Waals surface area contributed by atoms with Crippen LogP contribution in [-0.4, -0.2) is 49.3 Å². The standard InChI is InChI=1S/C14H20N6O/c1-10-8-12(18-17-10)11-4-6-20(7-5-11)14(21)3-2-13-15-9-16-19-13/h8-9,11H,2-7H2,1H3,(H,17,18)(H,15,16,19). The summed E-state index contributed by atoms with van der Waals surface area (Å²) in [5.74, 6) is 1.43. The van der Waals surface area contributed by atoms with E-state index in [4.69, 9.17) is 0 Å². The van der Waals surface area contributed by atoms with Crippen LogP contribution in [0, 0.1) is 6.92 Å². The van der Waals surface area contributed by atoms with Crippen LogP contribution in [0.4, 0.5) is 0 Å². The van der Waals surface area contributed by atoms with Crippen molar-refractivity contribution < 1.29 is 4.79 Å². The number of hydrogen-bond donors (Lipinski definition) is 2. The molecule has 2 aromatic rings. The predicted octanol–water partition coefficient (Wildman–Crippen LogP) is 1.18. The molecule has 0 atom stereocenters. The van der Waals surface area contributed by atoms with Crippen LogP contribution >= 0.6 is 0 Å². The summed E-state index contributed by atoms with van der Waals surface area (Å²) in [5.41, 5.74) is 2.22. The average molecular weight is 288 g/mol. The number of nitrogens with one attached hydrogen (secondary N) is 2. The van der Waals surface area contributed by atoms with Crippen LogP contribution in [0.2, 0.25) is 0 Å². The summed E-state index contributed by atoms with van der Waals surface area (Å²) in [6, 6.07) is 2.10. The zero-order valence-electron chi connectivity index (χ0n) is 12.2. The highest BCUT2D eigenvalue weighted by Gasteiger charge is 2.25. The predicted molar refractivity (Wildman–Crippen MR) is 76.6 cm³/mol. The van der Waals surface area contributed by atoms with Crippen LogP contribution in [0.25, 0.3) is 0 Å². The van der Waals surface area contributed by atoms with Gasteiger partial charge in [0.15, 0.2) is 0 Å². The van der Waals surface area contributed by atoms with Gasteiger partial charge in [0.05, 0.1) is 5.69 Å². The zero-order valence-corrected chi connectivity index (χ0v) is 12.2. The first kappa shape index (κ1) is 13.8. The Balaban J connectivity index is 1.47. The molecular formula is C14H20N6O. The molecule has 7 heteroatoms. The maximum absolute atomic E-state index is 12.2. The van der Waals surface area contributed by atoms with Gasteiger partial charge in [-0.3, -0.25) is 15.0 Å². The van der Waals surface area contributed by atoms with E-state index in [9.17, 15) is 4.79 Å². The van der Waals surface area contributed by atoms with E-state index in [2.05, 4.69) is 31.4 Å². The Morgan fingerprint density at radius 3 is 2.81 bits per heavy atom. The second-order valence-electron chi connectivity index (χ2n) is 5.56. The number of aromatic amines is 2. The Hall–Kier alpha value is -2.18. The molecule has 1 aliphatic heterocycles. The first-order valence-corrected chi connectivity index (χ1v) is 7.36. The fourth-order valence-corrected chi connectivity index (χ4v) is 2.81. The van der Waals surface area contributed by atoms with Gasteiger partial charge in [0.1, 0.15) is 12.2 Å². The van der Waals surface area contributed by atoms with Gasteiger partial charge in [-0.1, -0.05) is 0 Å². The topological polar surface area (TPSA) is 90.6 Å². The molecule has 112 valence electrons. The zero-order chi connectivity index (χ0) is 14.7. The van der Waals surface area contributed by atoms with Gasteiger partial charge in [0, 0.05) is 37.5 Å². The second kappa shape index (κ2) is 6.07. The summed E-state index contributed by atoms with van der Waals surface area (Å²) in [6.45, 7) is 3.64. The van der Waals surface area contributed by atoms with Crippen molar-refractivity contribution >= 4 is 5.91 Å². The van der Waals surface area contributed by atoms with Crippen molar-refractivity contribution in [2.75, 3.05) is 13.1 Å². The van der Waals surface area contributed by atoms with Gasteiger partial charge >= 0.3 is 0 Å². The van der Waals surface area contributed by atoms with Gasteiger partial charge in [-0.25, -0.2) is 4.98 Å². The molecule has 1 saturated heterocycles. The van der Waals surface area contributed by atoms with E-state index in [0.717, 1.165) is 43.1 Å². The summed E-state index contributed by atoms with van der Waals surface area (Å²) in [7, 11) is 0. The normalized spacial score (nSPS) is 16.3. The van der Waals surface area contributed by atoms with E-state index >= 15 is 0 Å². The molecule has 0 bridgehead atoms. The van der Waals surface area contributed by atoms with E-state index in [-0.39, 0.29) is 5.91 Å². The molecule has 21 heavy (non-hydrogen) atoms. The fraction of sp³-hybridized carbons (Fsp3) is 0.571. The number of aromatic nitrogens is 5. The van der Waals surface area contributed by atoms with Gasteiger partial charge in [0.2, 0.25) is 5.91 Å². The number of carbonyl (C=O) groups excluding carboxylic acids is 1. The van der Waals surface area contributed by atoms with Crippen LogP contribution < -0.4 is 0 Å². The lowest BCUT2D eigenvalue weighted by molar-refractivity contribution is -0.132. The SMILES string of the molecule is Cc1cc(C2CCN(C(=O)CCc3ncn[nH]3)CC2)n[nH]1. The summed E-state index contributed by atoms with van der Waals surface area (Å²) in [6.07, 6.45) is 4.55. The molecule has 1 aliphatic rings. The number of rotatable bonds is 4. The number of piperidine rings is 1. The molecule has 3 heterocycles. The smallest absolute Gasteiger partial charge is 0.223 e.